The molecule has 0 spiro atoms. The highest BCUT2D eigenvalue weighted by molar-refractivity contribution is 6.04. The van der Waals surface area contributed by atoms with Gasteiger partial charge in [0.2, 0.25) is 5.91 Å². The van der Waals surface area contributed by atoms with Crippen molar-refractivity contribution in [2.24, 2.45) is 11.0 Å². The van der Waals surface area contributed by atoms with Gasteiger partial charge in [-0.15, -0.1) is 0 Å². The van der Waals surface area contributed by atoms with Gasteiger partial charge in [-0.1, -0.05) is 31.6 Å². The second-order valence-electron chi connectivity index (χ2n) is 9.13. The van der Waals surface area contributed by atoms with E-state index >= 15 is 0 Å². The highest BCUT2D eigenvalue weighted by Gasteiger charge is 2.23. The van der Waals surface area contributed by atoms with Gasteiger partial charge in [0, 0.05) is 6.42 Å². The Hall–Kier alpha value is -2.11. The Morgan fingerprint density at radius 2 is 1.58 bits per heavy atom. The Bertz CT molecular complexity index is 763. The number of carboxylic acid groups (broad SMARTS) is 1. The first-order valence-electron chi connectivity index (χ1n) is 12.9. The van der Waals surface area contributed by atoms with Gasteiger partial charge in [0.15, 0.2) is 0 Å². The van der Waals surface area contributed by atoms with Crippen molar-refractivity contribution < 1.29 is 38.4 Å². The third-order valence-electron chi connectivity index (χ3n) is 5.55. The summed E-state index contributed by atoms with van der Waals surface area (Å²) in [6.45, 7) is 7.90. The molecule has 36 heavy (non-hydrogen) atoms. The number of nitrogens with one attached hydrogen (secondary N) is 1. The molecular formula is C26H42N2O8. The summed E-state index contributed by atoms with van der Waals surface area (Å²) in [5, 5.41) is 12.9. The van der Waals surface area contributed by atoms with E-state index < -0.39 is 5.97 Å². The van der Waals surface area contributed by atoms with E-state index in [-0.39, 0.29) is 25.0 Å². The molecule has 0 saturated carbocycles. The minimum Gasteiger partial charge on any atom is -0.481 e. The van der Waals surface area contributed by atoms with Crippen LogP contribution in [-0.4, -0.2) is 88.3 Å². The van der Waals surface area contributed by atoms with Gasteiger partial charge in [0.05, 0.1) is 77.7 Å². The molecule has 0 bridgehead atoms. The van der Waals surface area contributed by atoms with Gasteiger partial charge >= 0.3 is 5.97 Å². The van der Waals surface area contributed by atoms with Crippen molar-refractivity contribution in [3.05, 3.63) is 23.3 Å². The molecule has 2 aliphatic carbocycles. The molecule has 10 nitrogen and oxygen atoms in total. The second kappa shape index (κ2) is 18.2. The van der Waals surface area contributed by atoms with Gasteiger partial charge in [-0.25, -0.2) is 5.43 Å². The summed E-state index contributed by atoms with van der Waals surface area (Å²) in [6.07, 6.45) is 8.45. The van der Waals surface area contributed by atoms with Gasteiger partial charge in [0.25, 0.3) is 0 Å². The molecule has 0 radical (unpaired) electrons. The zero-order chi connectivity index (χ0) is 26.0. The summed E-state index contributed by atoms with van der Waals surface area (Å²) in [5.74, 6) is -0.599. The van der Waals surface area contributed by atoms with E-state index in [1.807, 2.05) is 13.8 Å². The Morgan fingerprint density at radius 3 is 2.19 bits per heavy atom. The predicted molar refractivity (Wildman–Crippen MR) is 135 cm³/mol. The number of carbonyl (C=O) groups excluding carboxylic acids is 1. The fraction of sp³-hybridized carbons (Fsp3) is 0.731. The molecule has 1 amide bonds. The quantitative estimate of drug-likeness (QED) is 0.201. The number of aliphatic carboxylic acids is 1. The van der Waals surface area contributed by atoms with Crippen LogP contribution in [0, 0.1) is 5.92 Å². The second-order valence-corrected chi connectivity index (χ2v) is 9.13. The van der Waals surface area contributed by atoms with Crippen molar-refractivity contribution in [3.8, 4) is 0 Å². The molecular weight excluding hydrogens is 468 g/mol. The van der Waals surface area contributed by atoms with Crippen molar-refractivity contribution in [3.63, 3.8) is 0 Å². The monoisotopic (exact) mass is 510 g/mol. The van der Waals surface area contributed by atoms with Gasteiger partial charge in [0.1, 0.15) is 0 Å². The summed E-state index contributed by atoms with van der Waals surface area (Å²) in [7, 11) is 0. The molecule has 2 aliphatic rings. The summed E-state index contributed by atoms with van der Waals surface area (Å²) in [5.41, 5.74) is 6.16. The average molecular weight is 511 g/mol. The lowest BCUT2D eigenvalue weighted by molar-refractivity contribution is -0.138. The van der Waals surface area contributed by atoms with Crippen molar-refractivity contribution in [2.45, 2.75) is 58.5 Å². The van der Waals surface area contributed by atoms with Crippen LogP contribution >= 0.6 is 0 Å². The predicted octanol–water partition coefficient (Wildman–Crippen LogP) is 2.87. The number of nitrogens with zero attached hydrogens (tertiary/aromatic N) is 1. The number of rotatable bonds is 19. The van der Waals surface area contributed by atoms with Gasteiger partial charge < -0.3 is 28.8 Å². The molecule has 1 unspecified atom stereocenters. The summed E-state index contributed by atoms with van der Waals surface area (Å²) < 4.78 is 27.4. The van der Waals surface area contributed by atoms with Gasteiger partial charge in [-0.3, -0.25) is 9.59 Å². The third-order valence-corrected chi connectivity index (χ3v) is 5.55. The summed E-state index contributed by atoms with van der Waals surface area (Å²) in [6, 6.07) is 0. The lowest BCUT2D eigenvalue weighted by Crippen LogP contribution is -2.25. The fourth-order valence-electron chi connectivity index (χ4n) is 3.84. The molecule has 0 aromatic heterocycles. The van der Waals surface area contributed by atoms with Crippen LogP contribution in [-0.2, 0) is 33.3 Å². The first-order chi connectivity index (χ1) is 17.5. The number of hydrazone groups is 1. The zero-order valence-corrected chi connectivity index (χ0v) is 21.7. The van der Waals surface area contributed by atoms with E-state index in [2.05, 4.69) is 22.7 Å². The molecule has 0 aromatic rings. The van der Waals surface area contributed by atoms with Crippen LogP contribution in [0.5, 0.6) is 0 Å². The Balaban J connectivity index is 1.48. The molecule has 2 N–H and O–H groups in total. The molecule has 2 rings (SSSR count). The third kappa shape index (κ3) is 13.3. The van der Waals surface area contributed by atoms with Gasteiger partial charge in [-0.2, -0.15) is 5.10 Å². The molecule has 0 fully saturated rings. The summed E-state index contributed by atoms with van der Waals surface area (Å²) in [4.78, 5) is 22.3. The molecule has 10 heteroatoms. The number of hydrogen-bond donors (Lipinski definition) is 2. The average Bonchev–Trinajstić information content (AvgIpc) is 2.84. The van der Waals surface area contributed by atoms with Crippen molar-refractivity contribution in [2.75, 3.05) is 59.5 Å². The minimum absolute atomic E-state index is 0.00142. The van der Waals surface area contributed by atoms with Crippen LogP contribution in [0.1, 0.15) is 52.4 Å². The number of amides is 1. The number of allylic oxidation sites excluding steroid dienone is 2. The van der Waals surface area contributed by atoms with Gasteiger partial charge in [-0.05, 0) is 37.2 Å². The zero-order valence-electron chi connectivity index (χ0n) is 21.7. The van der Waals surface area contributed by atoms with E-state index in [0.717, 1.165) is 37.0 Å². The van der Waals surface area contributed by atoms with E-state index in [4.69, 9.17) is 28.8 Å². The largest absolute Gasteiger partial charge is 0.481 e. The van der Waals surface area contributed by atoms with Crippen molar-refractivity contribution >= 4 is 17.6 Å². The molecule has 0 aromatic carbocycles. The maximum absolute atomic E-state index is 11.9. The fourth-order valence-corrected chi connectivity index (χ4v) is 3.84. The lowest BCUT2D eigenvalue weighted by Gasteiger charge is -2.27. The maximum Gasteiger partial charge on any atom is 0.305 e. The van der Waals surface area contributed by atoms with Crippen LogP contribution in [0.2, 0.25) is 0 Å². The lowest BCUT2D eigenvalue weighted by atomic mass is 9.83. The normalized spacial score (nSPS) is 18.6. The molecule has 204 valence electrons. The molecule has 0 aliphatic heterocycles. The van der Waals surface area contributed by atoms with Crippen molar-refractivity contribution in [1.82, 2.24) is 5.43 Å². The van der Waals surface area contributed by atoms with Crippen LogP contribution in [0.4, 0.5) is 0 Å². The standard InChI is InChI=1S/C26H42N2O8/c1-20(2)18-25(29)28-27-24-5-3-4-21-19-22(6-7-23(21)24)36-17-16-35-15-14-34-13-12-33-11-10-32-9-8-26(30)31/h6-7,20,22H,3-5,8-19H2,1-2H3,(H,28,29)(H,30,31)/b27-24-. The SMILES string of the molecule is CC(C)CC(=O)N/N=C1/CCCC2=C1C=CC(OCCOCCOCCOCCOCCC(=O)O)C2. The van der Waals surface area contributed by atoms with E-state index in [0.29, 0.717) is 65.2 Å². The number of carbonyl (C=O) groups is 2. The number of carboxylic acids is 1. The molecule has 0 saturated heterocycles. The maximum atomic E-state index is 11.9. The highest BCUT2D eigenvalue weighted by atomic mass is 16.6. The van der Waals surface area contributed by atoms with Crippen LogP contribution in [0.3, 0.4) is 0 Å². The van der Waals surface area contributed by atoms with E-state index in [1.165, 1.54) is 5.57 Å². The number of ether oxygens (including phenoxy) is 5. The Labute approximate surface area is 214 Å². The molecule has 0 heterocycles. The van der Waals surface area contributed by atoms with Crippen LogP contribution in [0.25, 0.3) is 0 Å². The topological polar surface area (TPSA) is 125 Å². The summed E-state index contributed by atoms with van der Waals surface area (Å²) >= 11 is 0. The van der Waals surface area contributed by atoms with Crippen LogP contribution in [0.15, 0.2) is 28.4 Å². The smallest absolute Gasteiger partial charge is 0.305 e. The van der Waals surface area contributed by atoms with Crippen molar-refractivity contribution in [1.29, 1.82) is 0 Å². The first kappa shape index (κ1) is 30.1. The Morgan fingerprint density at radius 1 is 0.972 bits per heavy atom. The highest BCUT2D eigenvalue weighted by Crippen LogP contribution is 2.31. The number of hydrogen-bond acceptors (Lipinski definition) is 8. The van der Waals surface area contributed by atoms with E-state index in [9.17, 15) is 9.59 Å². The first-order valence-corrected chi connectivity index (χ1v) is 12.9. The van der Waals surface area contributed by atoms with Crippen LogP contribution < -0.4 is 5.43 Å². The Kier molecular flexibility index (Phi) is 15.2. The minimum atomic E-state index is -0.870. The van der Waals surface area contributed by atoms with E-state index in [1.54, 1.807) is 0 Å². The molecule has 1 atom stereocenters.